The zero-order valence-corrected chi connectivity index (χ0v) is 12.4. The maximum atomic E-state index is 5.30. The number of nitrogens with one attached hydrogen (secondary N) is 1. The first-order valence-electron chi connectivity index (χ1n) is 7.25. The molecule has 1 saturated heterocycles. The Morgan fingerprint density at radius 1 is 1.37 bits per heavy atom. The van der Waals surface area contributed by atoms with Gasteiger partial charge >= 0.3 is 0 Å². The zero-order chi connectivity index (χ0) is 13.7. The van der Waals surface area contributed by atoms with Gasteiger partial charge in [0.15, 0.2) is 0 Å². The second-order valence-corrected chi connectivity index (χ2v) is 5.51. The predicted octanol–water partition coefficient (Wildman–Crippen LogP) is 2.83. The molecule has 0 spiro atoms. The lowest BCUT2D eigenvalue weighted by Gasteiger charge is -2.34. The smallest absolute Gasteiger partial charge is 0.0507 e. The summed E-state index contributed by atoms with van der Waals surface area (Å²) in [5.74, 6) is 0.676. The highest BCUT2D eigenvalue weighted by molar-refractivity contribution is 5.48. The average molecular weight is 262 g/mol. The molecule has 1 N–H and O–H groups in total. The number of nitrogens with zero attached hydrogens (tertiary/aromatic N) is 1. The van der Waals surface area contributed by atoms with Crippen molar-refractivity contribution in [3.63, 3.8) is 0 Å². The van der Waals surface area contributed by atoms with Crippen LogP contribution < -0.4 is 10.2 Å². The third-order valence-electron chi connectivity index (χ3n) is 4.11. The van der Waals surface area contributed by atoms with E-state index >= 15 is 0 Å². The Morgan fingerprint density at radius 3 is 2.74 bits per heavy atom. The van der Waals surface area contributed by atoms with Crippen molar-refractivity contribution in [1.29, 1.82) is 0 Å². The molecule has 2 unspecified atom stereocenters. The van der Waals surface area contributed by atoms with Gasteiger partial charge in [0.05, 0.1) is 6.61 Å². The summed E-state index contributed by atoms with van der Waals surface area (Å²) in [5.41, 5.74) is 2.68. The number of anilines is 1. The van der Waals surface area contributed by atoms with Gasteiger partial charge in [0.2, 0.25) is 0 Å². The molecule has 0 radical (unpaired) electrons. The van der Waals surface area contributed by atoms with Gasteiger partial charge in [0.1, 0.15) is 0 Å². The van der Waals surface area contributed by atoms with E-state index in [0.717, 1.165) is 13.2 Å². The first-order chi connectivity index (χ1) is 9.24. The molecule has 1 aliphatic heterocycles. The summed E-state index contributed by atoms with van der Waals surface area (Å²) in [6.07, 6.45) is 2.56. The molecule has 3 nitrogen and oxygen atoms in total. The van der Waals surface area contributed by atoms with Crippen molar-refractivity contribution in [1.82, 2.24) is 5.32 Å². The van der Waals surface area contributed by atoms with Crippen LogP contribution in [0.1, 0.15) is 31.4 Å². The van der Waals surface area contributed by atoms with Crippen molar-refractivity contribution in [3.05, 3.63) is 29.8 Å². The van der Waals surface area contributed by atoms with E-state index in [0.29, 0.717) is 12.0 Å². The minimum atomic E-state index is 0.414. The molecule has 2 atom stereocenters. The molecule has 0 amide bonds. The maximum absolute atomic E-state index is 5.30. The Bertz CT molecular complexity index is 375. The van der Waals surface area contributed by atoms with Crippen LogP contribution in [0.3, 0.4) is 0 Å². The van der Waals surface area contributed by atoms with E-state index < -0.39 is 0 Å². The van der Waals surface area contributed by atoms with E-state index in [1.807, 2.05) is 7.05 Å². The van der Waals surface area contributed by atoms with Crippen LogP contribution >= 0.6 is 0 Å². The van der Waals surface area contributed by atoms with E-state index in [1.54, 1.807) is 7.11 Å². The molecule has 0 saturated carbocycles. The van der Waals surface area contributed by atoms with Gasteiger partial charge in [0, 0.05) is 31.9 Å². The van der Waals surface area contributed by atoms with Crippen molar-refractivity contribution in [3.8, 4) is 0 Å². The Labute approximate surface area is 116 Å². The van der Waals surface area contributed by atoms with Crippen LogP contribution in [0, 0.1) is 5.92 Å². The van der Waals surface area contributed by atoms with E-state index in [1.165, 1.54) is 30.6 Å². The lowest BCUT2D eigenvalue weighted by molar-refractivity contribution is 0.143. The highest BCUT2D eigenvalue weighted by atomic mass is 16.5. The van der Waals surface area contributed by atoms with Crippen molar-refractivity contribution in [2.45, 2.75) is 25.8 Å². The van der Waals surface area contributed by atoms with Gasteiger partial charge in [-0.15, -0.1) is 0 Å². The molecule has 0 aliphatic carbocycles. The van der Waals surface area contributed by atoms with Gasteiger partial charge in [-0.1, -0.05) is 12.1 Å². The minimum Gasteiger partial charge on any atom is -0.384 e. The summed E-state index contributed by atoms with van der Waals surface area (Å²) in [5, 5.41) is 3.27. The normalized spacial score (nSPS) is 21.4. The number of piperidine rings is 1. The van der Waals surface area contributed by atoms with Crippen LogP contribution in [-0.2, 0) is 4.74 Å². The van der Waals surface area contributed by atoms with E-state index in [4.69, 9.17) is 4.74 Å². The van der Waals surface area contributed by atoms with E-state index in [9.17, 15) is 0 Å². The predicted molar refractivity (Wildman–Crippen MR) is 80.7 cm³/mol. The van der Waals surface area contributed by atoms with Gasteiger partial charge in [-0.3, -0.25) is 0 Å². The second kappa shape index (κ2) is 6.92. The van der Waals surface area contributed by atoms with Crippen LogP contribution in [-0.4, -0.2) is 33.9 Å². The molecule has 1 heterocycles. The largest absolute Gasteiger partial charge is 0.384 e. The fourth-order valence-corrected chi connectivity index (χ4v) is 2.81. The minimum absolute atomic E-state index is 0.414. The van der Waals surface area contributed by atoms with E-state index in [-0.39, 0.29) is 0 Å². The second-order valence-electron chi connectivity index (χ2n) is 5.51. The summed E-state index contributed by atoms with van der Waals surface area (Å²) in [7, 11) is 3.80. The highest BCUT2D eigenvalue weighted by Gasteiger charge is 2.20. The number of benzene rings is 1. The standard InChI is InChI=1S/C16H26N2O/c1-13(17-2)15-6-8-16(9-7-15)18-10-4-5-14(11-18)12-19-3/h6-9,13-14,17H,4-5,10-12H2,1-3H3. The van der Waals surface area contributed by atoms with Crippen molar-refractivity contribution < 1.29 is 4.74 Å². The molecule has 1 aromatic rings. The Balaban J connectivity index is 2.01. The number of hydrogen-bond donors (Lipinski definition) is 1. The number of ether oxygens (including phenoxy) is 1. The fraction of sp³-hybridized carbons (Fsp3) is 0.625. The van der Waals surface area contributed by atoms with Crippen LogP contribution in [0.4, 0.5) is 5.69 Å². The first-order valence-corrected chi connectivity index (χ1v) is 7.25. The summed E-state index contributed by atoms with van der Waals surface area (Å²) in [6.45, 7) is 5.35. The molecule has 3 heteroatoms. The van der Waals surface area contributed by atoms with Crippen LogP contribution in [0.5, 0.6) is 0 Å². The maximum Gasteiger partial charge on any atom is 0.0507 e. The third-order valence-corrected chi connectivity index (χ3v) is 4.11. The van der Waals surface area contributed by atoms with Gasteiger partial charge in [-0.2, -0.15) is 0 Å². The molecular weight excluding hydrogens is 236 g/mol. The van der Waals surface area contributed by atoms with E-state index in [2.05, 4.69) is 41.4 Å². The SMILES string of the molecule is CNC(C)c1ccc(N2CCCC(COC)C2)cc1. The average Bonchev–Trinajstić information content (AvgIpc) is 2.47. The quantitative estimate of drug-likeness (QED) is 0.883. The number of methoxy groups -OCH3 is 1. The van der Waals surface area contributed by atoms with Crippen molar-refractivity contribution in [2.75, 3.05) is 38.8 Å². The first kappa shape index (κ1) is 14.4. The van der Waals surface area contributed by atoms with Gasteiger partial charge in [0.25, 0.3) is 0 Å². The highest BCUT2D eigenvalue weighted by Crippen LogP contribution is 2.24. The molecule has 2 rings (SSSR count). The zero-order valence-electron chi connectivity index (χ0n) is 12.4. The van der Waals surface area contributed by atoms with Gasteiger partial charge in [-0.05, 0) is 50.4 Å². The van der Waals surface area contributed by atoms with Crippen LogP contribution in [0.25, 0.3) is 0 Å². The summed E-state index contributed by atoms with van der Waals surface area (Å²) >= 11 is 0. The Morgan fingerprint density at radius 2 is 2.11 bits per heavy atom. The molecule has 1 aliphatic rings. The van der Waals surface area contributed by atoms with Crippen molar-refractivity contribution in [2.24, 2.45) is 5.92 Å². The molecule has 19 heavy (non-hydrogen) atoms. The van der Waals surface area contributed by atoms with Crippen LogP contribution in [0.15, 0.2) is 24.3 Å². The van der Waals surface area contributed by atoms with Crippen molar-refractivity contribution >= 4 is 5.69 Å². The number of rotatable bonds is 5. The summed E-state index contributed by atoms with van der Waals surface area (Å²) in [6, 6.07) is 9.38. The molecule has 0 bridgehead atoms. The molecule has 1 fully saturated rings. The fourth-order valence-electron chi connectivity index (χ4n) is 2.81. The topological polar surface area (TPSA) is 24.5 Å². The third kappa shape index (κ3) is 3.71. The molecular formula is C16H26N2O. The Hall–Kier alpha value is -1.06. The monoisotopic (exact) mass is 262 g/mol. The lowest BCUT2D eigenvalue weighted by Crippen LogP contribution is -2.37. The Kier molecular flexibility index (Phi) is 5.23. The summed E-state index contributed by atoms with van der Waals surface area (Å²) in [4.78, 5) is 2.49. The molecule has 0 aromatic heterocycles. The molecule has 106 valence electrons. The van der Waals surface area contributed by atoms with Crippen LogP contribution in [0.2, 0.25) is 0 Å². The lowest BCUT2D eigenvalue weighted by atomic mass is 9.98. The van der Waals surface area contributed by atoms with Gasteiger partial charge < -0.3 is 15.0 Å². The van der Waals surface area contributed by atoms with Gasteiger partial charge in [-0.25, -0.2) is 0 Å². The molecule has 1 aromatic carbocycles. The summed E-state index contributed by atoms with van der Waals surface area (Å²) < 4.78 is 5.30. The number of hydrogen-bond acceptors (Lipinski definition) is 3.